The number of nitrogens with one attached hydrogen (secondary N) is 1. The number of anilines is 2. The summed E-state index contributed by atoms with van der Waals surface area (Å²) in [5.74, 6) is 2.42. The smallest absolute Gasteiger partial charge is 0.224 e. The minimum Gasteiger partial charge on any atom is -0.493 e. The number of benzene rings is 2. The first-order chi connectivity index (χ1) is 15.2. The Bertz CT molecular complexity index is 910. The van der Waals surface area contributed by atoms with Crippen LogP contribution in [0.15, 0.2) is 36.4 Å². The maximum absolute atomic E-state index is 11.6. The van der Waals surface area contributed by atoms with E-state index in [0.717, 1.165) is 68.5 Å². The van der Waals surface area contributed by atoms with Gasteiger partial charge >= 0.3 is 0 Å². The van der Waals surface area contributed by atoms with Crippen LogP contribution in [0.3, 0.4) is 0 Å². The van der Waals surface area contributed by atoms with E-state index in [-0.39, 0.29) is 5.91 Å². The quantitative estimate of drug-likeness (QED) is 0.656. The molecule has 0 atom stereocenters. The van der Waals surface area contributed by atoms with Gasteiger partial charge in [-0.1, -0.05) is 6.07 Å². The number of methoxy groups -OCH3 is 2. The van der Waals surface area contributed by atoms with E-state index in [1.54, 1.807) is 14.2 Å². The zero-order valence-electron chi connectivity index (χ0n) is 18.4. The number of hydrogen-bond donors (Lipinski definition) is 1. The highest BCUT2D eigenvalue weighted by molar-refractivity contribution is 5.94. The highest BCUT2D eigenvalue weighted by atomic mass is 16.5. The maximum atomic E-state index is 11.6. The fourth-order valence-electron chi connectivity index (χ4n) is 4.17. The van der Waals surface area contributed by atoms with Crippen molar-refractivity contribution < 1.29 is 19.0 Å². The van der Waals surface area contributed by atoms with Crippen molar-refractivity contribution in [2.75, 3.05) is 63.8 Å². The van der Waals surface area contributed by atoms with E-state index in [9.17, 15) is 4.79 Å². The second-order valence-electron chi connectivity index (χ2n) is 7.94. The average molecular weight is 426 g/mol. The monoisotopic (exact) mass is 425 g/mol. The molecule has 1 amide bonds. The third-order valence-corrected chi connectivity index (χ3v) is 5.97. The maximum Gasteiger partial charge on any atom is 0.224 e. The fourth-order valence-corrected chi connectivity index (χ4v) is 4.17. The fraction of sp³-hybridized carbons (Fsp3) is 0.458. The Labute approximate surface area is 183 Å². The molecule has 31 heavy (non-hydrogen) atoms. The van der Waals surface area contributed by atoms with Gasteiger partial charge in [0.2, 0.25) is 5.91 Å². The minimum absolute atomic E-state index is 0.0804. The lowest BCUT2D eigenvalue weighted by Gasteiger charge is -2.36. The summed E-state index contributed by atoms with van der Waals surface area (Å²) in [6, 6.07) is 12.1. The van der Waals surface area contributed by atoms with Crippen molar-refractivity contribution in [2.45, 2.75) is 19.3 Å². The van der Waals surface area contributed by atoms with Crippen LogP contribution < -0.4 is 24.4 Å². The predicted molar refractivity (Wildman–Crippen MR) is 122 cm³/mol. The molecule has 7 heteroatoms. The van der Waals surface area contributed by atoms with E-state index in [2.05, 4.69) is 27.2 Å². The summed E-state index contributed by atoms with van der Waals surface area (Å²) >= 11 is 0. The number of piperazine rings is 1. The van der Waals surface area contributed by atoms with Crippen LogP contribution in [-0.2, 0) is 11.2 Å². The molecule has 2 heterocycles. The number of amides is 1. The minimum atomic E-state index is 0.0804. The molecule has 2 aromatic rings. The van der Waals surface area contributed by atoms with E-state index in [4.69, 9.17) is 14.2 Å². The third kappa shape index (κ3) is 5.22. The molecule has 2 aromatic carbocycles. The number of aryl methyl sites for hydroxylation is 1. The molecule has 0 saturated carbocycles. The molecular weight excluding hydrogens is 394 g/mol. The zero-order chi connectivity index (χ0) is 21.6. The molecule has 4 rings (SSSR count). The van der Waals surface area contributed by atoms with Crippen molar-refractivity contribution in [3.8, 4) is 17.2 Å². The third-order valence-electron chi connectivity index (χ3n) is 5.97. The lowest BCUT2D eigenvalue weighted by molar-refractivity contribution is -0.116. The summed E-state index contributed by atoms with van der Waals surface area (Å²) < 4.78 is 16.7. The van der Waals surface area contributed by atoms with Crippen molar-refractivity contribution in [1.82, 2.24) is 4.90 Å². The van der Waals surface area contributed by atoms with Gasteiger partial charge in [-0.25, -0.2) is 0 Å². The number of nitrogens with zero attached hydrogens (tertiary/aromatic N) is 2. The Kier molecular flexibility index (Phi) is 6.82. The molecule has 0 aliphatic carbocycles. The Hall–Kier alpha value is -2.93. The number of fused-ring (bicyclic) bond motifs is 1. The van der Waals surface area contributed by atoms with Crippen LogP contribution in [0.25, 0.3) is 0 Å². The summed E-state index contributed by atoms with van der Waals surface area (Å²) in [5.41, 5.74) is 3.24. The molecule has 0 aromatic heterocycles. The van der Waals surface area contributed by atoms with Gasteiger partial charge in [0.15, 0.2) is 11.5 Å². The van der Waals surface area contributed by atoms with Gasteiger partial charge in [-0.3, -0.25) is 9.69 Å². The molecule has 166 valence electrons. The molecule has 1 saturated heterocycles. The van der Waals surface area contributed by atoms with Gasteiger partial charge in [0.25, 0.3) is 0 Å². The van der Waals surface area contributed by atoms with Crippen LogP contribution in [0.4, 0.5) is 11.4 Å². The molecule has 7 nitrogen and oxygen atoms in total. The number of ether oxygens (including phenoxy) is 3. The molecule has 0 spiro atoms. The highest BCUT2D eigenvalue weighted by Crippen LogP contribution is 2.32. The summed E-state index contributed by atoms with van der Waals surface area (Å²) in [4.78, 5) is 16.4. The highest BCUT2D eigenvalue weighted by Gasteiger charge is 2.19. The van der Waals surface area contributed by atoms with Crippen molar-refractivity contribution in [3.05, 3.63) is 42.0 Å². The van der Waals surface area contributed by atoms with E-state index in [1.807, 2.05) is 24.3 Å². The van der Waals surface area contributed by atoms with Crippen LogP contribution in [-0.4, -0.2) is 64.4 Å². The first kappa shape index (κ1) is 21.3. The lowest BCUT2D eigenvalue weighted by atomic mass is 10.0. The normalized spacial score (nSPS) is 16.5. The van der Waals surface area contributed by atoms with Gasteiger partial charge in [-0.05, 0) is 36.6 Å². The van der Waals surface area contributed by atoms with E-state index in [1.165, 1.54) is 11.3 Å². The molecular formula is C24H31N3O4. The Morgan fingerprint density at radius 1 is 0.935 bits per heavy atom. The number of hydrogen-bond acceptors (Lipinski definition) is 6. The van der Waals surface area contributed by atoms with Crippen molar-refractivity contribution in [3.63, 3.8) is 0 Å². The largest absolute Gasteiger partial charge is 0.493 e. The van der Waals surface area contributed by atoms with Gasteiger partial charge in [-0.2, -0.15) is 0 Å². The van der Waals surface area contributed by atoms with Gasteiger partial charge in [0.05, 0.1) is 20.8 Å². The number of carbonyl (C=O) groups is 1. The molecule has 0 radical (unpaired) electrons. The van der Waals surface area contributed by atoms with Gasteiger partial charge in [-0.15, -0.1) is 0 Å². The van der Waals surface area contributed by atoms with Crippen molar-refractivity contribution in [1.29, 1.82) is 0 Å². The standard InChI is InChI=1S/C24H31N3O4/c1-29-22-8-6-19(16-23(22)30-2)27-13-11-26(12-14-27)10-3-15-31-20-7-4-18-5-9-24(28)25-21(18)17-20/h4,6-8,16-17H,3,5,9-15H2,1-2H3,(H,25,28). The molecule has 2 aliphatic heterocycles. The Balaban J connectivity index is 1.20. The summed E-state index contributed by atoms with van der Waals surface area (Å²) in [5, 5.41) is 2.93. The van der Waals surface area contributed by atoms with Crippen LogP contribution in [0, 0.1) is 0 Å². The average Bonchev–Trinajstić information content (AvgIpc) is 2.81. The van der Waals surface area contributed by atoms with Crippen LogP contribution in [0.1, 0.15) is 18.4 Å². The van der Waals surface area contributed by atoms with Gasteiger partial charge < -0.3 is 24.4 Å². The SMILES string of the molecule is COc1ccc(N2CCN(CCCOc3ccc4c(c3)NC(=O)CC4)CC2)cc1OC. The summed E-state index contributed by atoms with van der Waals surface area (Å²) in [7, 11) is 3.32. The summed E-state index contributed by atoms with van der Waals surface area (Å²) in [6.45, 7) is 5.71. The molecule has 0 unspecified atom stereocenters. The van der Waals surface area contributed by atoms with Crippen LogP contribution in [0.2, 0.25) is 0 Å². The number of rotatable bonds is 8. The van der Waals surface area contributed by atoms with E-state index >= 15 is 0 Å². The molecule has 2 aliphatic rings. The Morgan fingerprint density at radius 3 is 2.52 bits per heavy atom. The van der Waals surface area contributed by atoms with E-state index in [0.29, 0.717) is 13.0 Å². The topological polar surface area (TPSA) is 63.3 Å². The molecule has 1 N–H and O–H groups in total. The summed E-state index contributed by atoms with van der Waals surface area (Å²) in [6.07, 6.45) is 2.34. The van der Waals surface area contributed by atoms with Gasteiger partial charge in [0, 0.05) is 62.7 Å². The van der Waals surface area contributed by atoms with Crippen molar-refractivity contribution >= 4 is 17.3 Å². The molecule has 1 fully saturated rings. The lowest BCUT2D eigenvalue weighted by Crippen LogP contribution is -2.46. The number of carbonyl (C=O) groups excluding carboxylic acids is 1. The van der Waals surface area contributed by atoms with Gasteiger partial charge in [0.1, 0.15) is 5.75 Å². The molecule has 0 bridgehead atoms. The zero-order valence-corrected chi connectivity index (χ0v) is 18.4. The Morgan fingerprint density at radius 2 is 1.74 bits per heavy atom. The second kappa shape index (κ2) is 9.92. The first-order valence-corrected chi connectivity index (χ1v) is 10.9. The predicted octanol–water partition coefficient (Wildman–Crippen LogP) is 3.18. The second-order valence-corrected chi connectivity index (χ2v) is 7.94. The first-order valence-electron chi connectivity index (χ1n) is 10.9. The van der Waals surface area contributed by atoms with Crippen LogP contribution in [0.5, 0.6) is 17.2 Å². The van der Waals surface area contributed by atoms with Crippen molar-refractivity contribution in [2.24, 2.45) is 0 Å². The van der Waals surface area contributed by atoms with E-state index < -0.39 is 0 Å². The van der Waals surface area contributed by atoms with Crippen LogP contribution >= 0.6 is 0 Å².